The van der Waals surface area contributed by atoms with E-state index in [1.54, 1.807) is 0 Å². The Morgan fingerprint density at radius 3 is 2.75 bits per heavy atom. The molecule has 1 fully saturated rings. The molecule has 0 N–H and O–H groups in total. The lowest BCUT2D eigenvalue weighted by atomic mass is 10.0. The van der Waals surface area contributed by atoms with Gasteiger partial charge in [0, 0.05) is 0 Å². The fourth-order valence-corrected chi connectivity index (χ4v) is 4.10. The summed E-state index contributed by atoms with van der Waals surface area (Å²) in [6.07, 6.45) is 5.05. The first-order valence-corrected chi connectivity index (χ1v) is 7.97. The topological polar surface area (TPSA) is 9.23 Å². The molecule has 0 spiro atoms. The highest BCUT2D eigenvalue weighted by atomic mass is 28.4. The van der Waals surface area contributed by atoms with Crippen LogP contribution in [0.4, 0.5) is 0 Å². The third kappa shape index (κ3) is 2.46. The molecule has 0 bridgehead atoms. The zero-order valence-electron chi connectivity index (χ0n) is 8.47. The Morgan fingerprint density at radius 2 is 2.25 bits per heavy atom. The first-order chi connectivity index (χ1) is 5.55. The molecule has 1 saturated heterocycles. The normalized spacial score (nSPS) is 31.1. The van der Waals surface area contributed by atoms with Crippen LogP contribution in [-0.2, 0) is 4.43 Å². The standard InChI is InChI=1S/C10H20OSi/c1-5-9(2)10-7-6-8-12(3,4)11-10/h5,9-10H,1,6-8H2,2-4H3. The SMILES string of the molecule is C=CC(C)C1CCC[Si](C)(C)O1. The van der Waals surface area contributed by atoms with Gasteiger partial charge in [-0.1, -0.05) is 19.4 Å². The number of hydrogen-bond donors (Lipinski definition) is 0. The van der Waals surface area contributed by atoms with Gasteiger partial charge in [0.15, 0.2) is 8.32 Å². The van der Waals surface area contributed by atoms with Crippen molar-refractivity contribution in [2.45, 2.75) is 45.0 Å². The first-order valence-electron chi connectivity index (χ1n) is 4.85. The Bertz CT molecular complexity index is 165. The minimum Gasteiger partial charge on any atom is -0.414 e. The quantitative estimate of drug-likeness (QED) is 0.473. The summed E-state index contributed by atoms with van der Waals surface area (Å²) in [4.78, 5) is 0. The molecule has 1 heterocycles. The molecule has 1 aliphatic heterocycles. The van der Waals surface area contributed by atoms with Gasteiger partial charge in [-0.15, -0.1) is 6.58 Å². The summed E-state index contributed by atoms with van der Waals surface area (Å²) < 4.78 is 6.09. The Kier molecular flexibility index (Phi) is 3.13. The summed E-state index contributed by atoms with van der Waals surface area (Å²) in [5.74, 6) is 0.525. The van der Waals surface area contributed by atoms with E-state index in [1.165, 1.54) is 18.9 Å². The van der Waals surface area contributed by atoms with Crippen molar-refractivity contribution in [3.05, 3.63) is 12.7 Å². The maximum absolute atomic E-state index is 6.09. The van der Waals surface area contributed by atoms with Crippen LogP contribution >= 0.6 is 0 Å². The summed E-state index contributed by atoms with van der Waals surface area (Å²) in [5, 5.41) is 0. The van der Waals surface area contributed by atoms with E-state index in [0.29, 0.717) is 12.0 Å². The summed E-state index contributed by atoms with van der Waals surface area (Å²) in [7, 11) is -1.28. The van der Waals surface area contributed by atoms with E-state index >= 15 is 0 Å². The van der Waals surface area contributed by atoms with Crippen molar-refractivity contribution in [2.75, 3.05) is 0 Å². The molecule has 0 radical (unpaired) electrons. The molecule has 0 amide bonds. The minimum absolute atomic E-state index is 0.456. The molecule has 12 heavy (non-hydrogen) atoms. The molecular formula is C10H20OSi. The molecule has 0 aliphatic carbocycles. The van der Waals surface area contributed by atoms with Gasteiger partial charge in [0.05, 0.1) is 6.10 Å². The van der Waals surface area contributed by atoms with Crippen LogP contribution in [-0.4, -0.2) is 14.4 Å². The third-order valence-electron chi connectivity index (χ3n) is 2.70. The summed E-state index contributed by atoms with van der Waals surface area (Å²) >= 11 is 0. The van der Waals surface area contributed by atoms with Gasteiger partial charge in [-0.2, -0.15) is 0 Å². The Morgan fingerprint density at radius 1 is 1.58 bits per heavy atom. The molecular weight excluding hydrogens is 164 g/mol. The fourth-order valence-electron chi connectivity index (χ4n) is 1.78. The number of hydrogen-bond acceptors (Lipinski definition) is 1. The Balaban J connectivity index is 2.51. The average molecular weight is 184 g/mol. The first kappa shape index (κ1) is 10.0. The average Bonchev–Trinajstić information content (AvgIpc) is 2.01. The van der Waals surface area contributed by atoms with Crippen LogP contribution < -0.4 is 0 Å². The molecule has 1 aliphatic rings. The van der Waals surface area contributed by atoms with Gasteiger partial charge in [0.1, 0.15) is 0 Å². The van der Waals surface area contributed by atoms with Crippen LogP contribution in [0.1, 0.15) is 19.8 Å². The second-order valence-electron chi connectivity index (χ2n) is 4.40. The van der Waals surface area contributed by atoms with Gasteiger partial charge in [0.2, 0.25) is 0 Å². The van der Waals surface area contributed by atoms with E-state index in [2.05, 4.69) is 26.6 Å². The van der Waals surface area contributed by atoms with Gasteiger partial charge in [-0.05, 0) is 31.5 Å². The highest BCUT2D eigenvalue weighted by Crippen LogP contribution is 2.29. The van der Waals surface area contributed by atoms with E-state index < -0.39 is 8.32 Å². The van der Waals surface area contributed by atoms with Crippen LogP contribution in [0, 0.1) is 5.92 Å². The zero-order valence-corrected chi connectivity index (χ0v) is 9.47. The van der Waals surface area contributed by atoms with Gasteiger partial charge >= 0.3 is 0 Å². The van der Waals surface area contributed by atoms with E-state index in [4.69, 9.17) is 4.43 Å². The Labute approximate surface area is 76.9 Å². The highest BCUT2D eigenvalue weighted by molar-refractivity contribution is 6.71. The summed E-state index contributed by atoms with van der Waals surface area (Å²) in [6, 6.07) is 1.33. The maximum atomic E-state index is 6.09. The maximum Gasteiger partial charge on any atom is 0.187 e. The van der Waals surface area contributed by atoms with Crippen molar-refractivity contribution in [2.24, 2.45) is 5.92 Å². The fraction of sp³-hybridized carbons (Fsp3) is 0.800. The lowest BCUT2D eigenvalue weighted by molar-refractivity contribution is 0.127. The monoisotopic (exact) mass is 184 g/mol. The molecule has 2 heteroatoms. The van der Waals surface area contributed by atoms with Crippen molar-refractivity contribution in [3.8, 4) is 0 Å². The minimum atomic E-state index is -1.28. The molecule has 1 rings (SSSR count). The van der Waals surface area contributed by atoms with Crippen molar-refractivity contribution in [3.63, 3.8) is 0 Å². The predicted octanol–water partition coefficient (Wildman–Crippen LogP) is 3.19. The molecule has 1 nitrogen and oxygen atoms in total. The zero-order chi connectivity index (χ0) is 9.19. The smallest absolute Gasteiger partial charge is 0.187 e. The highest BCUT2D eigenvalue weighted by Gasteiger charge is 2.32. The van der Waals surface area contributed by atoms with Gasteiger partial charge in [-0.3, -0.25) is 0 Å². The van der Waals surface area contributed by atoms with Crippen molar-refractivity contribution in [1.82, 2.24) is 0 Å². The van der Waals surface area contributed by atoms with E-state index in [-0.39, 0.29) is 0 Å². The third-order valence-corrected chi connectivity index (χ3v) is 5.19. The van der Waals surface area contributed by atoms with Crippen LogP contribution in [0.25, 0.3) is 0 Å². The van der Waals surface area contributed by atoms with Gasteiger partial charge in [0.25, 0.3) is 0 Å². The van der Waals surface area contributed by atoms with Gasteiger partial charge < -0.3 is 4.43 Å². The van der Waals surface area contributed by atoms with Crippen molar-refractivity contribution in [1.29, 1.82) is 0 Å². The lowest BCUT2D eigenvalue weighted by Gasteiger charge is -2.36. The molecule has 0 aromatic carbocycles. The number of rotatable bonds is 2. The molecule has 0 aromatic rings. The van der Waals surface area contributed by atoms with E-state index in [0.717, 1.165) is 0 Å². The second-order valence-corrected chi connectivity index (χ2v) is 8.66. The van der Waals surface area contributed by atoms with Gasteiger partial charge in [-0.25, -0.2) is 0 Å². The van der Waals surface area contributed by atoms with Crippen molar-refractivity contribution < 1.29 is 4.43 Å². The van der Waals surface area contributed by atoms with E-state index in [1.807, 2.05) is 6.08 Å². The molecule has 2 atom stereocenters. The lowest BCUT2D eigenvalue weighted by Crippen LogP contribution is -2.41. The summed E-state index contributed by atoms with van der Waals surface area (Å²) in [6.45, 7) is 10.6. The van der Waals surface area contributed by atoms with E-state index in [9.17, 15) is 0 Å². The molecule has 2 unspecified atom stereocenters. The largest absolute Gasteiger partial charge is 0.414 e. The van der Waals surface area contributed by atoms with Crippen LogP contribution in [0.2, 0.25) is 19.1 Å². The van der Waals surface area contributed by atoms with Crippen LogP contribution in [0.15, 0.2) is 12.7 Å². The predicted molar refractivity (Wildman–Crippen MR) is 55.8 cm³/mol. The summed E-state index contributed by atoms with van der Waals surface area (Å²) in [5.41, 5.74) is 0. The second kappa shape index (κ2) is 3.75. The molecule has 0 aromatic heterocycles. The van der Waals surface area contributed by atoms with Crippen molar-refractivity contribution >= 4 is 8.32 Å². The van der Waals surface area contributed by atoms with Crippen LogP contribution in [0.5, 0.6) is 0 Å². The Hall–Kier alpha value is -0.0831. The molecule has 0 saturated carbocycles. The molecule has 70 valence electrons. The van der Waals surface area contributed by atoms with Crippen LogP contribution in [0.3, 0.4) is 0 Å².